The van der Waals surface area contributed by atoms with Crippen LogP contribution in [0.15, 0.2) is 24.3 Å². The predicted octanol–water partition coefficient (Wildman–Crippen LogP) is 1.72. The fraction of sp³-hybridized carbons (Fsp3) is 0.353. The molecule has 1 aromatic heterocycles. The Morgan fingerprint density at radius 1 is 1.36 bits per heavy atom. The second kappa shape index (κ2) is 6.92. The number of carbonyl (C=O) groups excluding carboxylic acids is 2. The Morgan fingerprint density at radius 2 is 2.16 bits per heavy atom. The summed E-state index contributed by atoms with van der Waals surface area (Å²) >= 11 is 0. The summed E-state index contributed by atoms with van der Waals surface area (Å²) in [6.45, 7) is 3.72. The summed E-state index contributed by atoms with van der Waals surface area (Å²) in [5, 5.41) is 7.25. The molecule has 1 aliphatic rings. The van der Waals surface area contributed by atoms with Gasteiger partial charge in [0, 0.05) is 18.7 Å². The summed E-state index contributed by atoms with van der Waals surface area (Å²) in [6, 6.07) is 5.68. The molecule has 1 aromatic carbocycles. The van der Waals surface area contributed by atoms with E-state index in [1.807, 2.05) is 6.92 Å². The summed E-state index contributed by atoms with van der Waals surface area (Å²) in [4.78, 5) is 25.8. The lowest BCUT2D eigenvalue weighted by Crippen LogP contribution is -2.44. The third kappa shape index (κ3) is 3.33. The fourth-order valence-corrected chi connectivity index (χ4v) is 2.93. The van der Waals surface area contributed by atoms with Gasteiger partial charge in [-0.25, -0.2) is 9.18 Å². The van der Waals surface area contributed by atoms with E-state index in [2.05, 4.69) is 10.4 Å². The molecule has 0 saturated carbocycles. The Morgan fingerprint density at radius 3 is 2.84 bits per heavy atom. The standard InChI is InChI=1S/C17H20FN5O2/c1-2-6-20-17(25)22-7-8-23-13(10-22)14(16(19)24)15(21-23)11-4-3-5-12(18)9-11/h3-5,9H,2,6-8,10H2,1H3,(H2,19,24)(H,20,25). The maximum atomic E-state index is 13.5. The van der Waals surface area contributed by atoms with Crippen molar-refractivity contribution in [2.75, 3.05) is 13.1 Å². The lowest BCUT2D eigenvalue weighted by Gasteiger charge is -2.28. The number of nitrogens with one attached hydrogen (secondary N) is 1. The fourth-order valence-electron chi connectivity index (χ4n) is 2.93. The second-order valence-electron chi connectivity index (χ2n) is 5.92. The molecule has 3 rings (SSSR count). The van der Waals surface area contributed by atoms with Crippen molar-refractivity contribution >= 4 is 11.9 Å². The van der Waals surface area contributed by atoms with E-state index in [4.69, 9.17) is 5.73 Å². The quantitative estimate of drug-likeness (QED) is 0.883. The zero-order valence-electron chi connectivity index (χ0n) is 14.0. The number of urea groups is 1. The van der Waals surface area contributed by atoms with Crippen LogP contribution in [-0.4, -0.2) is 39.7 Å². The van der Waals surface area contributed by atoms with Crippen LogP contribution in [0.1, 0.15) is 29.4 Å². The van der Waals surface area contributed by atoms with Gasteiger partial charge in [-0.15, -0.1) is 0 Å². The topological polar surface area (TPSA) is 93.2 Å². The van der Waals surface area contributed by atoms with Crippen molar-refractivity contribution < 1.29 is 14.0 Å². The highest BCUT2D eigenvalue weighted by atomic mass is 19.1. The van der Waals surface area contributed by atoms with E-state index >= 15 is 0 Å². The van der Waals surface area contributed by atoms with Gasteiger partial charge in [0.2, 0.25) is 0 Å². The minimum Gasteiger partial charge on any atom is -0.365 e. The van der Waals surface area contributed by atoms with E-state index in [0.717, 1.165) is 6.42 Å². The van der Waals surface area contributed by atoms with E-state index < -0.39 is 11.7 Å². The maximum Gasteiger partial charge on any atom is 0.317 e. The van der Waals surface area contributed by atoms with E-state index in [1.165, 1.54) is 12.1 Å². The van der Waals surface area contributed by atoms with Gasteiger partial charge in [0.05, 0.1) is 24.3 Å². The number of aromatic nitrogens is 2. The first-order valence-electron chi connectivity index (χ1n) is 8.19. The monoisotopic (exact) mass is 345 g/mol. The highest BCUT2D eigenvalue weighted by Crippen LogP contribution is 2.28. The van der Waals surface area contributed by atoms with Crippen LogP contribution < -0.4 is 11.1 Å². The van der Waals surface area contributed by atoms with Crippen LogP contribution in [0.25, 0.3) is 11.3 Å². The van der Waals surface area contributed by atoms with Gasteiger partial charge in [0.1, 0.15) is 11.5 Å². The molecule has 0 bridgehead atoms. The van der Waals surface area contributed by atoms with Crippen LogP contribution in [0.3, 0.4) is 0 Å². The third-order valence-electron chi connectivity index (χ3n) is 4.14. The number of amides is 3. The van der Waals surface area contributed by atoms with Crippen molar-refractivity contribution in [3.05, 3.63) is 41.3 Å². The van der Waals surface area contributed by atoms with E-state index in [1.54, 1.807) is 21.7 Å². The molecule has 0 spiro atoms. The zero-order chi connectivity index (χ0) is 18.0. The number of nitrogens with two attached hydrogens (primary N) is 1. The van der Waals surface area contributed by atoms with Gasteiger partial charge >= 0.3 is 6.03 Å². The lowest BCUT2D eigenvalue weighted by molar-refractivity contribution is 0.0997. The molecule has 0 radical (unpaired) electrons. The van der Waals surface area contributed by atoms with Gasteiger partial charge in [-0.05, 0) is 18.6 Å². The normalized spacial score (nSPS) is 13.4. The van der Waals surface area contributed by atoms with E-state index in [0.29, 0.717) is 36.6 Å². The number of rotatable bonds is 4. The molecule has 0 saturated heterocycles. The first-order valence-corrected chi connectivity index (χ1v) is 8.19. The molecule has 1 aliphatic heterocycles. The summed E-state index contributed by atoms with van der Waals surface area (Å²) in [6.07, 6.45) is 0.841. The van der Waals surface area contributed by atoms with Crippen LogP contribution >= 0.6 is 0 Å². The number of hydrogen-bond acceptors (Lipinski definition) is 3. The number of primary amides is 1. The SMILES string of the molecule is CCCNC(=O)N1CCn2nc(-c3cccc(F)c3)c(C(N)=O)c2C1. The van der Waals surface area contributed by atoms with Crippen LogP contribution in [0.5, 0.6) is 0 Å². The van der Waals surface area contributed by atoms with Gasteiger partial charge in [0.15, 0.2) is 0 Å². The lowest BCUT2D eigenvalue weighted by atomic mass is 10.0. The van der Waals surface area contributed by atoms with Gasteiger partial charge in [-0.3, -0.25) is 9.48 Å². The smallest absolute Gasteiger partial charge is 0.317 e. The Hall–Kier alpha value is -2.90. The highest BCUT2D eigenvalue weighted by Gasteiger charge is 2.29. The first kappa shape index (κ1) is 16.9. The largest absolute Gasteiger partial charge is 0.365 e. The second-order valence-corrected chi connectivity index (χ2v) is 5.92. The molecule has 0 fully saturated rings. The average Bonchev–Trinajstić information content (AvgIpc) is 2.98. The van der Waals surface area contributed by atoms with Crippen LogP contribution in [0, 0.1) is 5.82 Å². The molecule has 3 amide bonds. The number of carbonyl (C=O) groups is 2. The molecule has 7 nitrogen and oxygen atoms in total. The van der Waals surface area contributed by atoms with Crippen LogP contribution in [0.2, 0.25) is 0 Å². The predicted molar refractivity (Wildman–Crippen MR) is 90.2 cm³/mol. The van der Waals surface area contributed by atoms with Crippen molar-refractivity contribution in [2.45, 2.75) is 26.4 Å². The van der Waals surface area contributed by atoms with E-state index in [9.17, 15) is 14.0 Å². The molecule has 0 unspecified atom stereocenters. The maximum absolute atomic E-state index is 13.5. The van der Waals surface area contributed by atoms with Gasteiger partial charge in [0.25, 0.3) is 5.91 Å². The van der Waals surface area contributed by atoms with Gasteiger partial charge in [-0.1, -0.05) is 19.1 Å². The summed E-state index contributed by atoms with van der Waals surface area (Å²) in [5.74, 6) is -1.06. The van der Waals surface area contributed by atoms with Crippen molar-refractivity contribution in [1.29, 1.82) is 0 Å². The number of nitrogens with zero attached hydrogens (tertiary/aromatic N) is 3. The minimum atomic E-state index is -0.642. The van der Waals surface area contributed by atoms with Crippen molar-refractivity contribution in [3.63, 3.8) is 0 Å². The van der Waals surface area contributed by atoms with E-state index in [-0.39, 0.29) is 18.1 Å². The third-order valence-corrected chi connectivity index (χ3v) is 4.14. The van der Waals surface area contributed by atoms with Crippen LogP contribution in [-0.2, 0) is 13.1 Å². The number of fused-ring (bicyclic) bond motifs is 1. The molecule has 0 aliphatic carbocycles. The highest BCUT2D eigenvalue weighted by molar-refractivity contribution is 6.00. The van der Waals surface area contributed by atoms with Crippen molar-refractivity contribution in [3.8, 4) is 11.3 Å². The first-order chi connectivity index (χ1) is 12.0. The van der Waals surface area contributed by atoms with Gasteiger partial charge in [-0.2, -0.15) is 5.10 Å². The van der Waals surface area contributed by atoms with Gasteiger partial charge < -0.3 is 16.0 Å². The summed E-state index contributed by atoms with van der Waals surface area (Å²) in [7, 11) is 0. The minimum absolute atomic E-state index is 0.183. The zero-order valence-corrected chi connectivity index (χ0v) is 14.0. The molecule has 2 aromatic rings. The average molecular weight is 345 g/mol. The Bertz CT molecular complexity index is 817. The summed E-state index contributed by atoms with van der Waals surface area (Å²) in [5.41, 5.74) is 7.19. The molecule has 8 heteroatoms. The number of benzene rings is 1. The Balaban J connectivity index is 1.97. The Kier molecular flexibility index (Phi) is 4.69. The molecule has 25 heavy (non-hydrogen) atoms. The van der Waals surface area contributed by atoms with Crippen LogP contribution in [0.4, 0.5) is 9.18 Å². The molecule has 3 N–H and O–H groups in total. The van der Waals surface area contributed by atoms with Crippen molar-refractivity contribution in [1.82, 2.24) is 20.0 Å². The molecule has 132 valence electrons. The molecule has 2 heterocycles. The molecule has 0 atom stereocenters. The number of hydrogen-bond donors (Lipinski definition) is 2. The molecular weight excluding hydrogens is 325 g/mol. The Labute approximate surface area is 144 Å². The van der Waals surface area contributed by atoms with Crippen molar-refractivity contribution in [2.24, 2.45) is 5.73 Å². The molecular formula is C17H20FN5O2. The summed E-state index contributed by atoms with van der Waals surface area (Å²) < 4.78 is 15.2. The number of halogens is 1.